The van der Waals surface area contributed by atoms with E-state index >= 15 is 0 Å². The first-order valence-electron chi connectivity index (χ1n) is 3.97. The van der Waals surface area contributed by atoms with E-state index in [4.69, 9.17) is 4.55 Å². The lowest BCUT2D eigenvalue weighted by Crippen LogP contribution is -2.22. The fourth-order valence-corrected chi connectivity index (χ4v) is 2.69. The SMILES string of the molecule is O=C(CS(=O)(=O)O)Nc1cc(Br)cc(Br)c1. The number of hydrogen-bond acceptors (Lipinski definition) is 3. The minimum absolute atomic E-state index is 0.426. The third-order valence-corrected chi connectivity index (χ3v) is 3.00. The molecule has 2 N–H and O–H groups in total. The van der Waals surface area contributed by atoms with Crippen LogP contribution >= 0.6 is 31.9 Å². The number of amides is 1. The van der Waals surface area contributed by atoms with Crippen molar-refractivity contribution in [3.05, 3.63) is 27.1 Å². The van der Waals surface area contributed by atoms with Gasteiger partial charge in [0.15, 0.2) is 5.75 Å². The summed E-state index contributed by atoms with van der Waals surface area (Å²) in [6.07, 6.45) is 0. The zero-order chi connectivity index (χ0) is 12.3. The smallest absolute Gasteiger partial charge is 0.274 e. The van der Waals surface area contributed by atoms with Crippen LogP contribution in [0.5, 0.6) is 0 Å². The molecular formula is C8H7Br2NO4S. The monoisotopic (exact) mass is 371 g/mol. The molecule has 1 aromatic carbocycles. The topological polar surface area (TPSA) is 83.5 Å². The fourth-order valence-electron chi connectivity index (χ4n) is 0.989. The van der Waals surface area contributed by atoms with Gasteiger partial charge in [0.1, 0.15) is 0 Å². The Hall–Kier alpha value is -0.440. The maximum atomic E-state index is 11.2. The molecule has 0 unspecified atom stereocenters. The molecule has 0 atom stereocenters. The van der Waals surface area contributed by atoms with Gasteiger partial charge in [-0.05, 0) is 18.2 Å². The molecule has 0 bridgehead atoms. The molecule has 0 fully saturated rings. The average molecular weight is 373 g/mol. The van der Waals surface area contributed by atoms with Gasteiger partial charge in [-0.15, -0.1) is 0 Å². The Kier molecular flexibility index (Phi) is 4.48. The molecule has 0 saturated heterocycles. The van der Waals surface area contributed by atoms with Crippen molar-refractivity contribution in [3.63, 3.8) is 0 Å². The molecule has 0 saturated carbocycles. The molecule has 1 rings (SSSR count). The van der Waals surface area contributed by atoms with Gasteiger partial charge in [-0.25, -0.2) is 0 Å². The van der Waals surface area contributed by atoms with Crippen LogP contribution in [0.1, 0.15) is 0 Å². The van der Waals surface area contributed by atoms with Crippen molar-refractivity contribution in [2.24, 2.45) is 0 Å². The largest absolute Gasteiger partial charge is 0.325 e. The van der Waals surface area contributed by atoms with Gasteiger partial charge < -0.3 is 5.32 Å². The third kappa shape index (κ3) is 5.06. The number of hydrogen-bond donors (Lipinski definition) is 2. The van der Waals surface area contributed by atoms with Crippen LogP contribution in [0.25, 0.3) is 0 Å². The molecule has 0 radical (unpaired) electrons. The van der Waals surface area contributed by atoms with E-state index in [-0.39, 0.29) is 0 Å². The summed E-state index contributed by atoms with van der Waals surface area (Å²) >= 11 is 6.43. The van der Waals surface area contributed by atoms with Crippen molar-refractivity contribution < 1.29 is 17.8 Å². The first-order chi connectivity index (χ1) is 7.26. The lowest BCUT2D eigenvalue weighted by atomic mass is 10.3. The quantitative estimate of drug-likeness (QED) is 0.795. The molecule has 0 aliphatic rings. The normalized spacial score (nSPS) is 11.2. The van der Waals surface area contributed by atoms with E-state index in [0.717, 1.165) is 8.95 Å². The first kappa shape index (κ1) is 13.6. The second kappa shape index (κ2) is 5.26. The number of benzene rings is 1. The molecule has 1 aromatic rings. The molecule has 0 aromatic heterocycles. The van der Waals surface area contributed by atoms with E-state index in [0.29, 0.717) is 5.69 Å². The summed E-state index contributed by atoms with van der Waals surface area (Å²) < 4.78 is 30.8. The molecule has 0 aliphatic carbocycles. The molecular weight excluding hydrogens is 366 g/mol. The van der Waals surface area contributed by atoms with Crippen LogP contribution < -0.4 is 5.32 Å². The van der Waals surface area contributed by atoms with Gasteiger partial charge in [0.25, 0.3) is 10.1 Å². The van der Waals surface area contributed by atoms with Crippen molar-refractivity contribution in [2.75, 3.05) is 11.1 Å². The maximum absolute atomic E-state index is 11.2. The van der Waals surface area contributed by atoms with Crippen molar-refractivity contribution in [3.8, 4) is 0 Å². The van der Waals surface area contributed by atoms with Gasteiger partial charge in [0.2, 0.25) is 5.91 Å². The van der Waals surface area contributed by atoms with E-state index < -0.39 is 21.8 Å². The van der Waals surface area contributed by atoms with Gasteiger partial charge in [-0.2, -0.15) is 8.42 Å². The molecule has 0 heterocycles. The van der Waals surface area contributed by atoms with Crippen molar-refractivity contribution in [2.45, 2.75) is 0 Å². The number of rotatable bonds is 3. The zero-order valence-corrected chi connectivity index (χ0v) is 11.8. The van der Waals surface area contributed by atoms with Crippen molar-refractivity contribution >= 4 is 53.6 Å². The fraction of sp³-hybridized carbons (Fsp3) is 0.125. The van der Waals surface area contributed by atoms with E-state index in [1.807, 2.05) is 0 Å². The molecule has 0 aliphatic heterocycles. The van der Waals surface area contributed by atoms with Gasteiger partial charge >= 0.3 is 0 Å². The number of halogens is 2. The van der Waals surface area contributed by atoms with Crippen LogP contribution in [0, 0.1) is 0 Å². The Morgan fingerprint density at radius 2 is 1.75 bits per heavy atom. The highest BCUT2D eigenvalue weighted by molar-refractivity contribution is 9.11. The Morgan fingerprint density at radius 3 is 2.19 bits per heavy atom. The summed E-state index contributed by atoms with van der Waals surface area (Å²) in [5, 5.41) is 2.34. The molecule has 0 spiro atoms. The molecule has 8 heteroatoms. The Balaban J connectivity index is 2.77. The Bertz CT molecular complexity index is 495. The summed E-state index contributed by atoms with van der Waals surface area (Å²) in [7, 11) is -4.30. The number of carbonyl (C=O) groups is 1. The Labute approximate surface area is 109 Å². The van der Waals surface area contributed by atoms with Crippen LogP contribution in [-0.2, 0) is 14.9 Å². The van der Waals surface area contributed by atoms with Gasteiger partial charge in [-0.1, -0.05) is 31.9 Å². The number of anilines is 1. The van der Waals surface area contributed by atoms with Gasteiger partial charge in [-0.3, -0.25) is 9.35 Å². The van der Waals surface area contributed by atoms with Crippen LogP contribution in [-0.4, -0.2) is 24.6 Å². The van der Waals surface area contributed by atoms with Crippen molar-refractivity contribution in [1.29, 1.82) is 0 Å². The van der Waals surface area contributed by atoms with Crippen molar-refractivity contribution in [1.82, 2.24) is 0 Å². The highest BCUT2D eigenvalue weighted by Gasteiger charge is 2.13. The maximum Gasteiger partial charge on any atom is 0.274 e. The second-order valence-corrected chi connectivity index (χ2v) is 6.22. The average Bonchev–Trinajstić information content (AvgIpc) is 1.96. The van der Waals surface area contributed by atoms with Crippen LogP contribution in [0.3, 0.4) is 0 Å². The highest BCUT2D eigenvalue weighted by atomic mass is 79.9. The minimum atomic E-state index is -4.30. The standard InChI is InChI=1S/C8H7Br2NO4S/c9-5-1-6(10)3-7(2-5)11-8(12)4-16(13,14)15/h1-3H,4H2,(H,11,12)(H,13,14,15). The van der Waals surface area contributed by atoms with E-state index in [9.17, 15) is 13.2 Å². The third-order valence-electron chi connectivity index (χ3n) is 1.46. The summed E-state index contributed by atoms with van der Waals surface area (Å²) in [4.78, 5) is 11.2. The number of nitrogens with one attached hydrogen (secondary N) is 1. The summed E-state index contributed by atoms with van der Waals surface area (Å²) in [6.45, 7) is 0. The molecule has 16 heavy (non-hydrogen) atoms. The lowest BCUT2D eigenvalue weighted by molar-refractivity contribution is -0.113. The van der Waals surface area contributed by atoms with Gasteiger partial charge in [0, 0.05) is 14.6 Å². The zero-order valence-electron chi connectivity index (χ0n) is 7.78. The van der Waals surface area contributed by atoms with E-state index in [1.54, 1.807) is 18.2 Å². The van der Waals surface area contributed by atoms with Gasteiger partial charge in [0.05, 0.1) is 0 Å². The predicted octanol–water partition coefficient (Wildman–Crippen LogP) is 2.04. The number of carbonyl (C=O) groups excluding carboxylic acids is 1. The lowest BCUT2D eigenvalue weighted by Gasteiger charge is -2.05. The predicted molar refractivity (Wildman–Crippen MR) is 66.9 cm³/mol. The Morgan fingerprint density at radius 1 is 1.25 bits per heavy atom. The van der Waals surface area contributed by atoms with Crippen LogP contribution in [0.4, 0.5) is 5.69 Å². The molecule has 5 nitrogen and oxygen atoms in total. The summed E-state index contributed by atoms with van der Waals surface area (Å²) in [5.41, 5.74) is 0.426. The second-order valence-electron chi connectivity index (χ2n) is 2.93. The van der Waals surface area contributed by atoms with Crippen LogP contribution in [0.15, 0.2) is 27.1 Å². The summed E-state index contributed by atoms with van der Waals surface area (Å²) in [6, 6.07) is 4.97. The minimum Gasteiger partial charge on any atom is -0.325 e. The first-order valence-corrected chi connectivity index (χ1v) is 7.17. The van der Waals surface area contributed by atoms with E-state index in [2.05, 4.69) is 37.2 Å². The molecule has 1 amide bonds. The highest BCUT2D eigenvalue weighted by Crippen LogP contribution is 2.23. The summed E-state index contributed by atoms with van der Waals surface area (Å²) in [5.74, 6) is -1.76. The van der Waals surface area contributed by atoms with E-state index in [1.165, 1.54) is 0 Å². The molecule has 88 valence electrons. The van der Waals surface area contributed by atoms with Crippen LogP contribution in [0.2, 0.25) is 0 Å².